The average molecular weight is 730 g/mol. The highest BCUT2D eigenvalue weighted by Crippen LogP contribution is 2.43. The Hall–Kier alpha value is -7.00. The summed E-state index contributed by atoms with van der Waals surface area (Å²) in [6.45, 7) is 0. The summed E-state index contributed by atoms with van der Waals surface area (Å²) >= 11 is 1.87. The first-order chi connectivity index (χ1) is 27.7. The highest BCUT2D eigenvalue weighted by Gasteiger charge is 2.18. The minimum atomic E-state index is 1.10. The molecule has 56 heavy (non-hydrogen) atoms. The SMILES string of the molecule is c1ccc(-c2ccccc2N(c2ccc(-c3ccc4cc5sc6ccccc6c5cc4c3)cc2)c2ccc(-c3cc4ccccc4c4ccccc34)cc2)cc1. The summed E-state index contributed by atoms with van der Waals surface area (Å²) in [6.07, 6.45) is 0. The number of benzene rings is 10. The van der Waals surface area contributed by atoms with Crippen molar-refractivity contribution >= 4 is 80.9 Å². The lowest BCUT2D eigenvalue weighted by molar-refractivity contribution is 1.28. The molecule has 1 aromatic heterocycles. The van der Waals surface area contributed by atoms with E-state index in [4.69, 9.17) is 0 Å². The summed E-state index contributed by atoms with van der Waals surface area (Å²) in [6, 6.07) is 77.7. The minimum Gasteiger partial charge on any atom is -0.310 e. The van der Waals surface area contributed by atoms with E-state index in [0.717, 1.165) is 17.1 Å². The second-order valence-corrected chi connectivity index (χ2v) is 15.6. The highest BCUT2D eigenvalue weighted by atomic mass is 32.1. The van der Waals surface area contributed by atoms with Gasteiger partial charge >= 0.3 is 0 Å². The van der Waals surface area contributed by atoms with Gasteiger partial charge in [0.2, 0.25) is 0 Å². The molecule has 11 rings (SSSR count). The normalized spacial score (nSPS) is 11.6. The molecule has 0 N–H and O–H groups in total. The van der Waals surface area contributed by atoms with Crippen LogP contribution < -0.4 is 4.90 Å². The number of thiophene rings is 1. The number of hydrogen-bond donors (Lipinski definition) is 0. The molecule has 0 spiro atoms. The maximum Gasteiger partial charge on any atom is 0.0540 e. The molecule has 1 nitrogen and oxygen atoms in total. The van der Waals surface area contributed by atoms with Gasteiger partial charge in [-0.2, -0.15) is 0 Å². The third kappa shape index (κ3) is 5.54. The van der Waals surface area contributed by atoms with E-state index in [1.54, 1.807) is 0 Å². The van der Waals surface area contributed by atoms with Crippen LogP contribution >= 0.6 is 11.3 Å². The molecule has 0 bridgehead atoms. The summed E-state index contributed by atoms with van der Waals surface area (Å²) in [5, 5.41) is 10.3. The quantitative estimate of drug-likeness (QED) is 0.154. The predicted molar refractivity (Wildman–Crippen MR) is 243 cm³/mol. The maximum atomic E-state index is 2.40. The minimum absolute atomic E-state index is 1.10. The fourth-order valence-corrected chi connectivity index (χ4v) is 9.63. The fourth-order valence-electron chi connectivity index (χ4n) is 8.49. The van der Waals surface area contributed by atoms with Crippen LogP contribution in [0, 0.1) is 0 Å². The Kier molecular flexibility index (Phi) is 7.75. The van der Waals surface area contributed by atoms with Crippen molar-refractivity contribution in [3.05, 3.63) is 212 Å². The largest absolute Gasteiger partial charge is 0.310 e. The molecule has 0 aliphatic carbocycles. The molecular weight excluding hydrogens is 695 g/mol. The van der Waals surface area contributed by atoms with Crippen LogP contribution in [0.1, 0.15) is 0 Å². The zero-order valence-corrected chi connectivity index (χ0v) is 31.4. The molecule has 262 valence electrons. The zero-order chi connectivity index (χ0) is 37.0. The van der Waals surface area contributed by atoms with E-state index >= 15 is 0 Å². The standard InChI is InChI=1S/C54H35NS/c1-2-12-37(13-3-1)46-16-8-10-20-52(46)55(44-30-26-38(27-31-44)50-33-41-14-4-5-15-45(41)47-17-6-7-18-48(47)50)43-28-24-36(25-29-43)39-22-23-40-35-54-51(34-42(40)32-39)49-19-9-11-21-53(49)56-54/h1-35H. The molecule has 0 amide bonds. The molecule has 0 fully saturated rings. The predicted octanol–water partition coefficient (Wildman–Crippen LogP) is 16.0. The van der Waals surface area contributed by atoms with Crippen molar-refractivity contribution in [1.29, 1.82) is 0 Å². The summed E-state index contributed by atoms with van der Waals surface area (Å²) in [5.74, 6) is 0. The Labute approximate surface area is 330 Å². The number of nitrogens with zero attached hydrogens (tertiary/aromatic N) is 1. The maximum absolute atomic E-state index is 2.40. The van der Waals surface area contributed by atoms with Crippen LogP contribution in [0.15, 0.2) is 212 Å². The van der Waals surface area contributed by atoms with Crippen LogP contribution in [0.4, 0.5) is 17.1 Å². The Bertz CT molecular complexity index is 3230. The van der Waals surface area contributed by atoms with Crippen molar-refractivity contribution in [2.45, 2.75) is 0 Å². The molecule has 0 aliphatic heterocycles. The average Bonchev–Trinajstić information content (AvgIpc) is 3.63. The summed E-state index contributed by atoms with van der Waals surface area (Å²) in [5.41, 5.74) is 10.6. The molecule has 2 heteroatoms. The van der Waals surface area contributed by atoms with Gasteiger partial charge in [0, 0.05) is 37.1 Å². The van der Waals surface area contributed by atoms with Gasteiger partial charge in [0.1, 0.15) is 0 Å². The fraction of sp³-hybridized carbons (Fsp3) is 0. The van der Waals surface area contributed by atoms with E-state index in [0.29, 0.717) is 0 Å². The number of fused-ring (bicyclic) bond motifs is 7. The van der Waals surface area contributed by atoms with Gasteiger partial charge in [0.25, 0.3) is 0 Å². The Morgan fingerprint density at radius 2 is 0.893 bits per heavy atom. The van der Waals surface area contributed by atoms with Crippen LogP contribution in [-0.2, 0) is 0 Å². The third-order valence-corrected chi connectivity index (χ3v) is 12.4. The molecular formula is C54H35NS. The lowest BCUT2D eigenvalue weighted by atomic mass is 9.93. The van der Waals surface area contributed by atoms with Gasteiger partial charge in [0.05, 0.1) is 5.69 Å². The zero-order valence-electron chi connectivity index (χ0n) is 30.6. The third-order valence-electron chi connectivity index (χ3n) is 11.2. The van der Waals surface area contributed by atoms with Crippen LogP contribution in [0.25, 0.3) is 85.9 Å². The van der Waals surface area contributed by atoms with Crippen molar-refractivity contribution in [3.8, 4) is 33.4 Å². The van der Waals surface area contributed by atoms with Crippen molar-refractivity contribution in [1.82, 2.24) is 0 Å². The van der Waals surface area contributed by atoms with Crippen LogP contribution in [-0.4, -0.2) is 0 Å². The molecule has 10 aromatic carbocycles. The second-order valence-electron chi connectivity index (χ2n) is 14.5. The van der Waals surface area contributed by atoms with Gasteiger partial charge < -0.3 is 4.90 Å². The van der Waals surface area contributed by atoms with Crippen LogP contribution in [0.5, 0.6) is 0 Å². The van der Waals surface area contributed by atoms with E-state index in [-0.39, 0.29) is 0 Å². The first-order valence-electron chi connectivity index (χ1n) is 19.2. The molecule has 0 unspecified atom stereocenters. The second kappa shape index (κ2) is 13.4. The smallest absolute Gasteiger partial charge is 0.0540 e. The lowest BCUT2D eigenvalue weighted by Gasteiger charge is -2.28. The van der Waals surface area contributed by atoms with E-state index < -0.39 is 0 Å². The van der Waals surface area contributed by atoms with Gasteiger partial charge in [-0.15, -0.1) is 11.3 Å². The molecule has 0 radical (unpaired) electrons. The first-order valence-corrected chi connectivity index (χ1v) is 20.0. The van der Waals surface area contributed by atoms with Gasteiger partial charge in [-0.3, -0.25) is 0 Å². The van der Waals surface area contributed by atoms with E-state index in [1.165, 1.54) is 85.9 Å². The lowest BCUT2D eigenvalue weighted by Crippen LogP contribution is -2.11. The molecule has 0 aliphatic rings. The van der Waals surface area contributed by atoms with E-state index in [2.05, 4.69) is 217 Å². The first kappa shape index (κ1) is 32.4. The van der Waals surface area contributed by atoms with Crippen LogP contribution in [0.3, 0.4) is 0 Å². The Morgan fingerprint density at radius 1 is 0.286 bits per heavy atom. The molecule has 11 aromatic rings. The number of hydrogen-bond acceptors (Lipinski definition) is 2. The van der Waals surface area contributed by atoms with Crippen LogP contribution in [0.2, 0.25) is 0 Å². The summed E-state index contributed by atoms with van der Waals surface area (Å²) in [7, 11) is 0. The van der Waals surface area contributed by atoms with Crippen molar-refractivity contribution in [2.24, 2.45) is 0 Å². The van der Waals surface area contributed by atoms with E-state index in [9.17, 15) is 0 Å². The monoisotopic (exact) mass is 729 g/mol. The molecule has 0 atom stereocenters. The Balaban J connectivity index is 1.01. The molecule has 1 heterocycles. The van der Waals surface area contributed by atoms with Gasteiger partial charge in [-0.05, 0) is 121 Å². The molecule has 0 saturated heterocycles. The number of para-hydroxylation sites is 1. The number of anilines is 3. The summed E-state index contributed by atoms with van der Waals surface area (Å²) in [4.78, 5) is 2.40. The Morgan fingerprint density at radius 3 is 1.70 bits per heavy atom. The van der Waals surface area contributed by atoms with E-state index in [1.807, 2.05) is 11.3 Å². The van der Waals surface area contributed by atoms with Crippen molar-refractivity contribution in [3.63, 3.8) is 0 Å². The van der Waals surface area contributed by atoms with Crippen molar-refractivity contribution < 1.29 is 0 Å². The van der Waals surface area contributed by atoms with Crippen molar-refractivity contribution in [2.75, 3.05) is 4.90 Å². The van der Waals surface area contributed by atoms with Gasteiger partial charge in [0.15, 0.2) is 0 Å². The highest BCUT2D eigenvalue weighted by molar-refractivity contribution is 7.25. The number of rotatable bonds is 6. The molecule has 0 saturated carbocycles. The summed E-state index contributed by atoms with van der Waals surface area (Å²) < 4.78 is 2.68. The van der Waals surface area contributed by atoms with Gasteiger partial charge in [-0.25, -0.2) is 0 Å². The van der Waals surface area contributed by atoms with Gasteiger partial charge in [-0.1, -0.05) is 152 Å². The topological polar surface area (TPSA) is 3.24 Å².